The van der Waals surface area contributed by atoms with Gasteiger partial charge in [0.1, 0.15) is 0 Å². The van der Waals surface area contributed by atoms with E-state index < -0.39 is 10.4 Å². The van der Waals surface area contributed by atoms with Gasteiger partial charge in [0.2, 0.25) is 0 Å². The molecule has 0 rings (SSSR count). The van der Waals surface area contributed by atoms with Crippen LogP contribution in [0.3, 0.4) is 0 Å². The third-order valence-corrected chi connectivity index (χ3v) is 4.32. The first-order valence-electron chi connectivity index (χ1n) is 10.2. The summed E-state index contributed by atoms with van der Waals surface area (Å²) in [7, 11) is -4.67. The van der Waals surface area contributed by atoms with Crippen molar-refractivity contribution in [1.82, 2.24) is 0 Å². The summed E-state index contributed by atoms with van der Waals surface area (Å²) in [6, 6.07) is 0. The molecule has 0 radical (unpaired) electrons. The zero-order chi connectivity index (χ0) is 21.4. The number of hydrogen-bond acceptors (Lipinski definition) is 4. The van der Waals surface area contributed by atoms with E-state index in [1.54, 1.807) is 0 Å². The molecule has 0 aromatic heterocycles. The number of rotatable bonds is 14. The number of unbranched alkanes of at least 4 members (excludes halogenated alkanes) is 10. The van der Waals surface area contributed by atoms with Crippen molar-refractivity contribution in [3.8, 4) is 0 Å². The summed E-state index contributed by atoms with van der Waals surface area (Å²) in [5.41, 5.74) is 0. The number of carbonyl (C=O) groups excluding carboxylic acids is 1. The minimum absolute atomic E-state index is 0.330. The maximum absolute atomic E-state index is 10.3. The van der Waals surface area contributed by atoms with Crippen LogP contribution in [0.4, 0.5) is 0 Å². The summed E-state index contributed by atoms with van der Waals surface area (Å²) in [5, 5.41) is 0. The van der Waals surface area contributed by atoms with Gasteiger partial charge in [-0.15, -0.1) is 0 Å². The molecule has 0 saturated heterocycles. The van der Waals surface area contributed by atoms with Gasteiger partial charge in [-0.3, -0.25) is 9.11 Å². The van der Waals surface area contributed by atoms with E-state index in [0.717, 1.165) is 12.8 Å². The smallest absolute Gasteiger partial charge is 0.264 e. The van der Waals surface area contributed by atoms with E-state index in [1.165, 1.54) is 102 Å². The fourth-order valence-electron chi connectivity index (χ4n) is 2.11. The van der Waals surface area contributed by atoms with Crippen molar-refractivity contribution < 1.29 is 27.1 Å². The Morgan fingerprint density at radius 2 is 1.26 bits per heavy atom. The average Bonchev–Trinajstić information content (AvgIpc) is 2.59. The minimum Gasteiger partial charge on any atom is -0.264 e. The molecule has 0 amide bonds. The van der Waals surface area contributed by atoms with Crippen LogP contribution < -0.4 is 0 Å². The van der Waals surface area contributed by atoms with Gasteiger partial charge < -0.3 is 4.74 Å². The first-order chi connectivity index (χ1) is 12.7. The molecule has 8 heteroatoms. The molecule has 158 valence electrons. The van der Waals surface area contributed by atoms with E-state index in [-0.39, 0.29) is 5.97 Å². The fraction of sp³-hybridized carbons (Fsp3) is 0.842. The van der Waals surface area contributed by atoms with E-state index in [1.807, 2.05) is 6.92 Å². The Morgan fingerprint density at radius 1 is 0.889 bits per heavy atom. The zero-order valence-corrected chi connectivity index (χ0v) is 20.4. The number of carbonyl (C=O) groups is 1. The van der Waals surface area contributed by atoms with Crippen molar-refractivity contribution in [1.29, 1.82) is 0 Å². The first kappa shape index (κ1) is 31.8. The van der Waals surface area contributed by atoms with Gasteiger partial charge in [-0.05, 0) is 6.42 Å². The van der Waals surface area contributed by atoms with Gasteiger partial charge >= 0.3 is 119 Å². The van der Waals surface area contributed by atoms with Gasteiger partial charge in [-0.1, -0.05) is 19.9 Å². The number of esters is 1. The predicted octanol–water partition coefficient (Wildman–Crippen LogP) is 5.36. The van der Waals surface area contributed by atoms with Crippen molar-refractivity contribution >= 4 is 44.3 Å². The Morgan fingerprint density at radius 3 is 1.59 bits per heavy atom. The van der Waals surface area contributed by atoms with Gasteiger partial charge in [0.05, 0.1) is 6.61 Å². The Balaban J connectivity index is -0.000000356. The second-order valence-electron chi connectivity index (χ2n) is 6.35. The molecule has 2 N–H and O–H groups in total. The molecule has 0 atom stereocenters. The first-order valence-corrected chi connectivity index (χ1v) is 13.0. The van der Waals surface area contributed by atoms with Crippen LogP contribution in [-0.2, 0) is 19.9 Å². The summed E-state index contributed by atoms with van der Waals surface area (Å²) in [6.07, 6.45) is 17.9. The summed E-state index contributed by atoms with van der Waals surface area (Å²) in [5.74, 6) is -0.330. The van der Waals surface area contributed by atoms with E-state index in [0.29, 0.717) is 6.61 Å². The van der Waals surface area contributed by atoms with Crippen LogP contribution in [0.2, 0.25) is 3.67 Å². The third kappa shape index (κ3) is 51.8. The molecule has 0 unspecified atom stereocenters. The maximum atomic E-state index is 10.3. The topological polar surface area (TPSA) is 101 Å². The number of ether oxygens (including phenoxy) is 1. The summed E-state index contributed by atoms with van der Waals surface area (Å²) in [6.45, 7) is 8.11. The van der Waals surface area contributed by atoms with Crippen molar-refractivity contribution in [3.63, 3.8) is 0 Å². The van der Waals surface area contributed by atoms with Crippen molar-refractivity contribution in [2.75, 3.05) is 6.61 Å². The Hall–Kier alpha value is 0.0800. The molecule has 0 aromatic carbocycles. The predicted molar refractivity (Wildman–Crippen MR) is 113 cm³/mol. The van der Waals surface area contributed by atoms with Gasteiger partial charge in [-0.2, -0.15) is 8.42 Å². The van der Waals surface area contributed by atoms with Gasteiger partial charge in [0, 0.05) is 6.08 Å². The van der Waals surface area contributed by atoms with Crippen LogP contribution in [0, 0.1) is 0 Å². The molecule has 0 aliphatic rings. The quantitative estimate of drug-likeness (QED) is 0.129. The van der Waals surface area contributed by atoms with Crippen LogP contribution in [0.25, 0.3) is 0 Å². The average molecular weight is 419 g/mol. The molecular weight excluding hydrogens is 379 g/mol. The van der Waals surface area contributed by atoms with E-state index in [2.05, 4.69) is 18.2 Å². The second-order valence-corrected chi connectivity index (χ2v) is 8.25. The molecule has 0 bridgehead atoms. The summed E-state index contributed by atoms with van der Waals surface area (Å²) in [4.78, 5) is 10.3. The fourth-order valence-corrected chi connectivity index (χ4v) is 2.61. The molecule has 0 aromatic rings. The Kier molecular flexibility index (Phi) is 30.7. The largest absolute Gasteiger partial charge is 0.394 e. The number of hydrogen-bond donors (Lipinski definition) is 2. The van der Waals surface area contributed by atoms with E-state index in [9.17, 15) is 4.79 Å². The van der Waals surface area contributed by atoms with Crippen molar-refractivity contribution in [3.05, 3.63) is 12.7 Å². The SMILES string of the molecule is C=CC(=O)OCCCC.CCCCCCCCCCC[CH2][Na].O=S(=O)(O)O. The zero-order valence-electron chi connectivity index (χ0n) is 17.6. The van der Waals surface area contributed by atoms with Gasteiger partial charge in [0.15, 0.2) is 0 Å². The third-order valence-electron chi connectivity index (χ3n) is 3.62. The van der Waals surface area contributed by atoms with Crippen LogP contribution in [0.5, 0.6) is 0 Å². The standard InChI is InChI=1S/C12H25.C7H12O2.Na.H2O4S/c1-3-5-7-9-11-12-10-8-6-4-2;1-3-5-6-9-7(8)4-2;;1-5(2,3)4/h1,3-12H2,2H3;4H,2-3,5-6H2,1H3;;(H2,1,2,3,4). The van der Waals surface area contributed by atoms with Crippen molar-refractivity contribution in [2.24, 2.45) is 0 Å². The van der Waals surface area contributed by atoms with Gasteiger partial charge in [0.25, 0.3) is 0 Å². The van der Waals surface area contributed by atoms with Crippen LogP contribution in [-0.4, -0.2) is 58.0 Å². The molecule has 27 heavy (non-hydrogen) atoms. The molecule has 0 aliphatic carbocycles. The molecule has 0 spiro atoms. The Bertz CT molecular complexity index is 394. The molecule has 0 saturated carbocycles. The van der Waals surface area contributed by atoms with Crippen molar-refractivity contribution in [2.45, 2.75) is 94.6 Å². The normalized spacial score (nSPS) is 10.1. The molecule has 0 heterocycles. The minimum atomic E-state index is -4.67. The summed E-state index contributed by atoms with van der Waals surface area (Å²) >= 11 is 1.41. The van der Waals surface area contributed by atoms with Crippen LogP contribution in [0.15, 0.2) is 12.7 Å². The van der Waals surface area contributed by atoms with Gasteiger partial charge in [-0.25, -0.2) is 4.79 Å². The molecule has 0 fully saturated rings. The summed E-state index contributed by atoms with van der Waals surface area (Å²) < 4.78 is 37.8. The maximum Gasteiger partial charge on any atom is 0.394 e. The van der Waals surface area contributed by atoms with E-state index in [4.69, 9.17) is 17.5 Å². The Labute approximate surface area is 184 Å². The molecular formula is C19H39NaO6S. The monoisotopic (exact) mass is 418 g/mol. The second kappa shape index (κ2) is 26.1. The van der Waals surface area contributed by atoms with Crippen LogP contribution >= 0.6 is 0 Å². The van der Waals surface area contributed by atoms with Crippen LogP contribution in [0.1, 0.15) is 90.9 Å². The molecule has 0 aliphatic heterocycles. The molecule has 6 nitrogen and oxygen atoms in total. The van der Waals surface area contributed by atoms with E-state index >= 15 is 0 Å².